The summed E-state index contributed by atoms with van der Waals surface area (Å²) in [4.78, 5) is 11.2. The minimum absolute atomic E-state index is 0.309. The van der Waals surface area contributed by atoms with Gasteiger partial charge in [0.25, 0.3) is 0 Å². The molecule has 0 radical (unpaired) electrons. The summed E-state index contributed by atoms with van der Waals surface area (Å²) < 4.78 is 10.4. The van der Waals surface area contributed by atoms with Crippen molar-refractivity contribution in [2.45, 2.75) is 32.3 Å². The lowest BCUT2D eigenvalue weighted by Crippen LogP contribution is -2.53. The van der Waals surface area contributed by atoms with Gasteiger partial charge in [0, 0.05) is 5.57 Å². The third kappa shape index (κ3) is 2.31. The maximum Gasteiger partial charge on any atom is 0.333 e. The Morgan fingerprint density at radius 1 is 1.62 bits per heavy atom. The van der Waals surface area contributed by atoms with Gasteiger partial charge in [-0.25, -0.2) is 4.79 Å². The van der Waals surface area contributed by atoms with Gasteiger partial charge in [0.05, 0.1) is 13.2 Å². The van der Waals surface area contributed by atoms with Crippen LogP contribution < -0.4 is 0 Å². The third-order valence-corrected chi connectivity index (χ3v) is 2.09. The Bertz CT molecular complexity index is 216. The molecule has 3 heteroatoms. The van der Waals surface area contributed by atoms with E-state index >= 15 is 0 Å². The van der Waals surface area contributed by atoms with E-state index in [1.807, 2.05) is 0 Å². The Hall–Kier alpha value is -0.830. The van der Waals surface area contributed by atoms with Gasteiger partial charge in [-0.2, -0.15) is 0 Å². The van der Waals surface area contributed by atoms with Gasteiger partial charge in [0.1, 0.15) is 0 Å². The van der Waals surface area contributed by atoms with Crippen molar-refractivity contribution >= 4 is 5.97 Å². The van der Waals surface area contributed by atoms with Crippen molar-refractivity contribution in [2.24, 2.45) is 0 Å². The van der Waals surface area contributed by atoms with Crippen molar-refractivity contribution in [3.8, 4) is 0 Å². The van der Waals surface area contributed by atoms with E-state index in [1.54, 1.807) is 6.92 Å². The van der Waals surface area contributed by atoms with E-state index in [1.165, 1.54) is 0 Å². The molecule has 0 aromatic carbocycles. The predicted octanol–water partition coefficient (Wildman–Crippen LogP) is 1.67. The molecular formula is C10H16O3. The zero-order valence-corrected chi connectivity index (χ0v) is 8.26. The second-order valence-corrected chi connectivity index (χ2v) is 3.60. The van der Waals surface area contributed by atoms with Crippen molar-refractivity contribution in [1.82, 2.24) is 0 Å². The minimum atomic E-state index is -0.356. The number of rotatable bonds is 4. The molecule has 0 aromatic heterocycles. The van der Waals surface area contributed by atoms with E-state index in [9.17, 15) is 4.79 Å². The molecule has 0 aromatic rings. The summed E-state index contributed by atoms with van der Waals surface area (Å²) in [5, 5.41) is 0. The zero-order valence-electron chi connectivity index (χ0n) is 8.26. The Balaban J connectivity index is 2.48. The molecule has 3 nitrogen and oxygen atoms in total. The molecule has 1 rings (SSSR count). The van der Waals surface area contributed by atoms with Crippen LogP contribution in [0.25, 0.3) is 0 Å². The molecule has 13 heavy (non-hydrogen) atoms. The van der Waals surface area contributed by atoms with Crippen molar-refractivity contribution in [1.29, 1.82) is 0 Å². The quantitative estimate of drug-likeness (QED) is 0.492. The lowest BCUT2D eigenvalue weighted by Gasteiger charge is -2.40. The van der Waals surface area contributed by atoms with E-state index in [0.717, 1.165) is 12.8 Å². The van der Waals surface area contributed by atoms with Gasteiger partial charge < -0.3 is 9.47 Å². The monoisotopic (exact) mass is 184 g/mol. The van der Waals surface area contributed by atoms with E-state index in [2.05, 4.69) is 13.5 Å². The second kappa shape index (κ2) is 3.92. The highest BCUT2D eigenvalue weighted by molar-refractivity contribution is 5.87. The molecule has 1 aliphatic rings. The van der Waals surface area contributed by atoms with Gasteiger partial charge in [-0.15, -0.1) is 0 Å². The highest BCUT2D eigenvalue weighted by Gasteiger charge is 2.41. The van der Waals surface area contributed by atoms with E-state index < -0.39 is 0 Å². The number of esters is 1. The van der Waals surface area contributed by atoms with Gasteiger partial charge in [-0.05, 0) is 13.3 Å². The highest BCUT2D eigenvalue weighted by atomic mass is 16.6. The van der Waals surface area contributed by atoms with Crippen LogP contribution in [0.2, 0.25) is 0 Å². The summed E-state index contributed by atoms with van der Waals surface area (Å²) in [6, 6.07) is 0. The molecule has 74 valence electrons. The Morgan fingerprint density at radius 3 is 2.54 bits per heavy atom. The summed E-state index contributed by atoms with van der Waals surface area (Å²) >= 11 is 0. The summed E-state index contributed by atoms with van der Waals surface area (Å²) in [6.45, 7) is 8.32. The van der Waals surface area contributed by atoms with Crippen LogP contribution in [0.1, 0.15) is 26.7 Å². The van der Waals surface area contributed by atoms with Gasteiger partial charge in [-0.3, -0.25) is 0 Å². The smallest absolute Gasteiger partial charge is 0.333 e. The van der Waals surface area contributed by atoms with Gasteiger partial charge in [0.15, 0.2) is 5.60 Å². The van der Waals surface area contributed by atoms with Crippen LogP contribution >= 0.6 is 0 Å². The normalized spacial score (nSPS) is 18.9. The van der Waals surface area contributed by atoms with Gasteiger partial charge in [-0.1, -0.05) is 19.9 Å². The fraction of sp³-hybridized carbons (Fsp3) is 0.700. The van der Waals surface area contributed by atoms with Crippen molar-refractivity contribution in [3.63, 3.8) is 0 Å². The number of ether oxygens (including phenoxy) is 2. The molecule has 0 N–H and O–H groups in total. The summed E-state index contributed by atoms with van der Waals surface area (Å²) in [5.74, 6) is -0.309. The minimum Gasteiger partial charge on any atom is -0.451 e. The first-order valence-corrected chi connectivity index (χ1v) is 4.56. The molecule has 0 saturated carbocycles. The highest BCUT2D eigenvalue weighted by Crippen LogP contribution is 2.28. The summed E-state index contributed by atoms with van der Waals surface area (Å²) in [5.41, 5.74) is 0.0903. The van der Waals surface area contributed by atoms with E-state index in [-0.39, 0.29) is 11.6 Å². The molecule has 1 aliphatic heterocycles. The first-order chi connectivity index (χ1) is 6.09. The average Bonchev–Trinajstić information content (AvgIpc) is 2.00. The Kier molecular flexibility index (Phi) is 3.09. The molecule has 0 atom stereocenters. The van der Waals surface area contributed by atoms with Crippen molar-refractivity contribution < 1.29 is 14.3 Å². The molecule has 1 fully saturated rings. The molecule has 1 heterocycles. The van der Waals surface area contributed by atoms with Crippen molar-refractivity contribution in [3.05, 3.63) is 12.2 Å². The van der Waals surface area contributed by atoms with Crippen LogP contribution in [0.5, 0.6) is 0 Å². The van der Waals surface area contributed by atoms with Crippen LogP contribution in [-0.2, 0) is 14.3 Å². The first-order valence-electron chi connectivity index (χ1n) is 4.56. The topological polar surface area (TPSA) is 35.5 Å². The molecule has 0 unspecified atom stereocenters. The number of hydrogen-bond acceptors (Lipinski definition) is 3. The number of carbonyl (C=O) groups excluding carboxylic acids is 1. The second-order valence-electron chi connectivity index (χ2n) is 3.60. The van der Waals surface area contributed by atoms with Crippen LogP contribution in [0.15, 0.2) is 12.2 Å². The standard InChI is InChI=1S/C10H16O3/c1-4-5-10(6-12-7-10)13-9(11)8(2)3/h2,4-7H2,1,3H3. The fourth-order valence-corrected chi connectivity index (χ4v) is 1.32. The van der Waals surface area contributed by atoms with Crippen molar-refractivity contribution in [2.75, 3.05) is 13.2 Å². The van der Waals surface area contributed by atoms with Crippen LogP contribution in [-0.4, -0.2) is 24.8 Å². The fourth-order valence-electron chi connectivity index (χ4n) is 1.32. The van der Waals surface area contributed by atoms with E-state index in [4.69, 9.17) is 9.47 Å². The molecule has 0 aliphatic carbocycles. The third-order valence-electron chi connectivity index (χ3n) is 2.09. The zero-order chi connectivity index (χ0) is 9.90. The van der Waals surface area contributed by atoms with Crippen LogP contribution in [0.3, 0.4) is 0 Å². The molecule has 0 amide bonds. The first kappa shape index (κ1) is 10.3. The Labute approximate surface area is 78.7 Å². The van der Waals surface area contributed by atoms with Crippen LogP contribution in [0, 0.1) is 0 Å². The SMILES string of the molecule is C=C(C)C(=O)OC1(CCC)COC1. The maximum atomic E-state index is 11.2. The molecular weight excluding hydrogens is 168 g/mol. The summed E-state index contributed by atoms with van der Waals surface area (Å²) in [6.07, 6.45) is 1.86. The Morgan fingerprint density at radius 2 is 2.23 bits per heavy atom. The number of hydrogen-bond donors (Lipinski definition) is 0. The lowest BCUT2D eigenvalue weighted by atomic mass is 9.96. The largest absolute Gasteiger partial charge is 0.451 e. The van der Waals surface area contributed by atoms with E-state index in [0.29, 0.717) is 18.8 Å². The molecule has 1 saturated heterocycles. The maximum absolute atomic E-state index is 11.2. The summed E-state index contributed by atoms with van der Waals surface area (Å²) in [7, 11) is 0. The predicted molar refractivity (Wildman–Crippen MR) is 49.4 cm³/mol. The molecule has 0 bridgehead atoms. The van der Waals surface area contributed by atoms with Gasteiger partial charge in [0.2, 0.25) is 0 Å². The lowest BCUT2D eigenvalue weighted by molar-refractivity contribution is -0.212. The van der Waals surface area contributed by atoms with Gasteiger partial charge >= 0.3 is 5.97 Å². The number of carbonyl (C=O) groups is 1. The average molecular weight is 184 g/mol. The van der Waals surface area contributed by atoms with Crippen LogP contribution in [0.4, 0.5) is 0 Å². The molecule has 0 spiro atoms.